The van der Waals surface area contributed by atoms with Crippen molar-refractivity contribution in [3.8, 4) is 0 Å². The van der Waals surface area contributed by atoms with E-state index in [0.717, 1.165) is 5.92 Å². The molecule has 0 amide bonds. The van der Waals surface area contributed by atoms with Crippen LogP contribution in [0, 0.1) is 5.92 Å². The predicted octanol–water partition coefficient (Wildman–Crippen LogP) is 0.692. The fourth-order valence-electron chi connectivity index (χ4n) is 2.59. The van der Waals surface area contributed by atoms with Crippen molar-refractivity contribution in [1.29, 1.82) is 0 Å². The largest absolute Gasteiger partial charge is 1.00 e. The van der Waals surface area contributed by atoms with E-state index in [1.54, 1.807) is 4.90 Å². The van der Waals surface area contributed by atoms with E-state index >= 15 is 0 Å². The summed E-state index contributed by atoms with van der Waals surface area (Å²) in [7, 11) is 4.55. The molecule has 0 spiro atoms. The zero-order chi connectivity index (χ0) is 12.9. The average Bonchev–Trinajstić information content (AvgIpc) is 2.30. The van der Waals surface area contributed by atoms with Gasteiger partial charge >= 0.3 is 0 Å². The molecule has 0 aliphatic heterocycles. The molecule has 0 rings (SSSR count). The first-order chi connectivity index (χ1) is 8.20. The Morgan fingerprint density at radius 3 is 1.72 bits per heavy atom. The molecule has 18 heavy (non-hydrogen) atoms. The topological polar surface area (TPSA) is 4.44 Å². The van der Waals surface area contributed by atoms with Crippen molar-refractivity contribution >= 4 is 0 Å². The molecule has 0 bridgehead atoms. The van der Waals surface area contributed by atoms with Gasteiger partial charge in [-0.25, -0.2) is 0 Å². The number of halogens is 1. The molecular weight excluding hydrogens is 242 g/mol. The minimum atomic E-state index is 0. The lowest BCUT2D eigenvalue weighted by Gasteiger charge is -2.16. The normalized spacial score (nSPS) is 12.5. The molecule has 2 heteroatoms. The number of nitrogens with one attached hydrogen (secondary N) is 1. The summed E-state index contributed by atoms with van der Waals surface area (Å²) < 4.78 is 0. The van der Waals surface area contributed by atoms with Crippen molar-refractivity contribution < 1.29 is 17.3 Å². The number of hydrogen-bond acceptors (Lipinski definition) is 0. The van der Waals surface area contributed by atoms with Gasteiger partial charge in [-0.2, -0.15) is 0 Å². The summed E-state index contributed by atoms with van der Waals surface area (Å²) in [6.45, 7) is 5.99. The van der Waals surface area contributed by atoms with Gasteiger partial charge in [-0.05, 0) is 12.8 Å². The van der Waals surface area contributed by atoms with Crippen molar-refractivity contribution in [3.05, 3.63) is 0 Å². The molecule has 0 saturated heterocycles. The summed E-state index contributed by atoms with van der Waals surface area (Å²) in [4.78, 5) is 1.61. The predicted molar refractivity (Wildman–Crippen MR) is 78.7 cm³/mol. The maximum atomic E-state index is 2.35. The Bertz CT molecular complexity index is 148. The maximum absolute atomic E-state index is 2.35. The van der Waals surface area contributed by atoms with Gasteiger partial charge in [0.1, 0.15) is 0 Å². The highest BCUT2D eigenvalue weighted by Crippen LogP contribution is 2.14. The van der Waals surface area contributed by atoms with Crippen molar-refractivity contribution in [2.75, 3.05) is 20.6 Å². The minimum absolute atomic E-state index is 0. The fourth-order valence-corrected chi connectivity index (χ4v) is 2.59. The second-order valence-corrected chi connectivity index (χ2v) is 5.95. The van der Waals surface area contributed by atoms with Crippen molar-refractivity contribution in [2.24, 2.45) is 5.92 Å². The summed E-state index contributed by atoms with van der Waals surface area (Å²) in [5, 5.41) is 0. The van der Waals surface area contributed by atoms with Crippen LogP contribution in [0.4, 0.5) is 0 Å². The third-order valence-electron chi connectivity index (χ3n) is 3.74. The van der Waals surface area contributed by atoms with Crippen molar-refractivity contribution in [2.45, 2.75) is 78.1 Å². The molecule has 0 radical (unpaired) electrons. The van der Waals surface area contributed by atoms with E-state index in [0.29, 0.717) is 0 Å². The molecule has 1 unspecified atom stereocenters. The van der Waals surface area contributed by atoms with Gasteiger partial charge in [0.15, 0.2) is 0 Å². The van der Waals surface area contributed by atoms with Crippen LogP contribution >= 0.6 is 0 Å². The zero-order valence-electron chi connectivity index (χ0n) is 13.2. The van der Waals surface area contributed by atoms with Crippen molar-refractivity contribution in [1.82, 2.24) is 0 Å². The highest BCUT2D eigenvalue weighted by molar-refractivity contribution is 4.56. The molecule has 1 N–H and O–H groups in total. The Balaban J connectivity index is 0. The van der Waals surface area contributed by atoms with E-state index in [1.807, 2.05) is 0 Å². The van der Waals surface area contributed by atoms with Gasteiger partial charge in [-0.1, -0.05) is 65.2 Å². The summed E-state index contributed by atoms with van der Waals surface area (Å²) in [6.07, 6.45) is 14.4. The Hall–Kier alpha value is 0.250. The van der Waals surface area contributed by atoms with Gasteiger partial charge in [0.05, 0.1) is 20.6 Å². The minimum Gasteiger partial charge on any atom is -1.00 e. The van der Waals surface area contributed by atoms with Gasteiger partial charge in [-0.3, -0.25) is 0 Å². The molecule has 0 aromatic carbocycles. The molecule has 1 atom stereocenters. The quantitative estimate of drug-likeness (QED) is 0.501. The molecule has 0 heterocycles. The molecule has 0 fully saturated rings. The first-order valence-corrected chi connectivity index (χ1v) is 7.99. The Morgan fingerprint density at radius 1 is 0.778 bits per heavy atom. The lowest BCUT2D eigenvalue weighted by atomic mass is 9.97. The zero-order valence-corrected chi connectivity index (χ0v) is 14.0. The van der Waals surface area contributed by atoms with Gasteiger partial charge in [0.25, 0.3) is 0 Å². The van der Waals surface area contributed by atoms with Crippen LogP contribution in [-0.4, -0.2) is 20.6 Å². The molecule has 0 aromatic rings. The summed E-state index contributed by atoms with van der Waals surface area (Å²) in [5.74, 6) is 0.958. The van der Waals surface area contributed by atoms with E-state index in [2.05, 4.69) is 27.9 Å². The van der Waals surface area contributed by atoms with Crippen LogP contribution in [0.5, 0.6) is 0 Å². The van der Waals surface area contributed by atoms with Crippen LogP contribution in [0.25, 0.3) is 0 Å². The molecule has 1 nitrogen and oxygen atoms in total. The second kappa shape index (κ2) is 15.3. The Kier molecular flexibility index (Phi) is 17.5. The van der Waals surface area contributed by atoms with Crippen LogP contribution in [0.1, 0.15) is 78.1 Å². The van der Waals surface area contributed by atoms with Crippen LogP contribution in [-0.2, 0) is 0 Å². The number of hydrogen-bond donors (Lipinski definition) is 1. The molecule has 0 aliphatic rings. The van der Waals surface area contributed by atoms with Gasteiger partial charge in [0.2, 0.25) is 0 Å². The van der Waals surface area contributed by atoms with Gasteiger partial charge in [-0.15, -0.1) is 0 Å². The molecule has 0 aliphatic carbocycles. The van der Waals surface area contributed by atoms with Crippen LogP contribution in [0.15, 0.2) is 0 Å². The van der Waals surface area contributed by atoms with Crippen LogP contribution < -0.4 is 17.3 Å². The number of unbranched alkanes of at least 4 members (excludes halogenated alkanes) is 7. The third kappa shape index (κ3) is 14.3. The highest BCUT2D eigenvalue weighted by Gasteiger charge is 2.09. The van der Waals surface area contributed by atoms with Gasteiger partial charge in [0, 0.05) is 5.92 Å². The summed E-state index contributed by atoms with van der Waals surface area (Å²) >= 11 is 0. The van der Waals surface area contributed by atoms with E-state index in [-0.39, 0.29) is 12.4 Å². The van der Waals surface area contributed by atoms with E-state index in [1.165, 1.54) is 70.8 Å². The first kappa shape index (κ1) is 20.6. The Labute approximate surface area is 122 Å². The fraction of sp³-hybridized carbons (Fsp3) is 1.00. The SMILES string of the molecule is CCCCCCCCCCC(CC)C[NH+](C)C.[Cl-]. The number of quaternary nitrogens is 1. The van der Waals surface area contributed by atoms with E-state index in [4.69, 9.17) is 0 Å². The maximum Gasteiger partial charge on any atom is 0.0795 e. The Morgan fingerprint density at radius 2 is 1.28 bits per heavy atom. The smallest absolute Gasteiger partial charge is 0.0795 e. The lowest BCUT2D eigenvalue weighted by molar-refractivity contribution is -0.862. The number of rotatable bonds is 12. The van der Waals surface area contributed by atoms with Crippen LogP contribution in [0.3, 0.4) is 0 Å². The first-order valence-electron chi connectivity index (χ1n) is 7.99. The highest BCUT2D eigenvalue weighted by atomic mass is 35.5. The molecular formula is C16H36ClN. The summed E-state index contributed by atoms with van der Waals surface area (Å²) in [6, 6.07) is 0. The summed E-state index contributed by atoms with van der Waals surface area (Å²) in [5.41, 5.74) is 0. The third-order valence-corrected chi connectivity index (χ3v) is 3.74. The van der Waals surface area contributed by atoms with E-state index < -0.39 is 0 Å². The standard InChI is InChI=1S/C16H35N.ClH/c1-5-7-8-9-10-11-12-13-14-16(6-2)15-17(3)4;/h16H,5-15H2,1-4H3;1H. The molecule has 0 aromatic heterocycles. The monoisotopic (exact) mass is 277 g/mol. The van der Waals surface area contributed by atoms with E-state index in [9.17, 15) is 0 Å². The average molecular weight is 278 g/mol. The van der Waals surface area contributed by atoms with Crippen LogP contribution in [0.2, 0.25) is 0 Å². The molecule has 0 saturated carbocycles. The molecule has 112 valence electrons. The van der Waals surface area contributed by atoms with Gasteiger partial charge < -0.3 is 17.3 Å². The van der Waals surface area contributed by atoms with Crippen molar-refractivity contribution in [3.63, 3.8) is 0 Å². The second-order valence-electron chi connectivity index (χ2n) is 5.95. The lowest BCUT2D eigenvalue weighted by Crippen LogP contribution is -3.06.